The zero-order valence-corrected chi connectivity index (χ0v) is 9.82. The Balaban J connectivity index is 1.98. The lowest BCUT2D eigenvalue weighted by molar-refractivity contribution is 0.0262. The van der Waals surface area contributed by atoms with Crippen molar-refractivity contribution in [3.05, 3.63) is 35.6 Å². The van der Waals surface area contributed by atoms with E-state index < -0.39 is 11.8 Å². The molecule has 1 fully saturated rings. The third-order valence-electron chi connectivity index (χ3n) is 3.17. The summed E-state index contributed by atoms with van der Waals surface area (Å²) < 4.78 is 18.7. The van der Waals surface area contributed by atoms with Gasteiger partial charge >= 0.3 is 5.97 Å². The van der Waals surface area contributed by atoms with Crippen LogP contribution in [0, 0.1) is 5.82 Å². The Hall–Kier alpha value is -1.38. The predicted molar refractivity (Wildman–Crippen MR) is 63.3 cm³/mol. The molecule has 17 heavy (non-hydrogen) atoms. The van der Waals surface area contributed by atoms with E-state index >= 15 is 0 Å². The van der Waals surface area contributed by atoms with E-state index in [-0.39, 0.29) is 11.7 Å². The number of benzene rings is 1. The number of ether oxygens (including phenoxy) is 1. The summed E-state index contributed by atoms with van der Waals surface area (Å²) in [5.74, 6) is -1.04. The maximum Gasteiger partial charge on any atom is 0.341 e. The van der Waals surface area contributed by atoms with Crippen molar-refractivity contribution < 1.29 is 13.9 Å². The molecule has 1 saturated carbocycles. The average molecular weight is 236 g/mol. The normalized spacial score (nSPS) is 17.5. The fourth-order valence-corrected chi connectivity index (χ4v) is 2.20. The van der Waals surface area contributed by atoms with Crippen LogP contribution in [0.3, 0.4) is 0 Å². The van der Waals surface area contributed by atoms with Crippen LogP contribution in [-0.2, 0) is 4.74 Å². The SMILES string of the molecule is O=C(OC1CCCCCC1)c1ccccc1F. The summed E-state index contributed by atoms with van der Waals surface area (Å²) in [6.07, 6.45) is 6.36. The molecule has 0 heterocycles. The number of hydrogen-bond acceptors (Lipinski definition) is 2. The highest BCUT2D eigenvalue weighted by Crippen LogP contribution is 2.21. The molecule has 0 spiro atoms. The van der Waals surface area contributed by atoms with Crippen LogP contribution in [0.1, 0.15) is 48.9 Å². The molecule has 92 valence electrons. The van der Waals surface area contributed by atoms with Crippen molar-refractivity contribution in [1.29, 1.82) is 0 Å². The van der Waals surface area contributed by atoms with Crippen molar-refractivity contribution in [2.24, 2.45) is 0 Å². The van der Waals surface area contributed by atoms with Crippen LogP contribution in [0.15, 0.2) is 24.3 Å². The second-order valence-electron chi connectivity index (χ2n) is 4.50. The predicted octanol–water partition coefficient (Wildman–Crippen LogP) is 3.71. The third-order valence-corrected chi connectivity index (χ3v) is 3.17. The van der Waals surface area contributed by atoms with Crippen LogP contribution in [0.25, 0.3) is 0 Å². The summed E-state index contributed by atoms with van der Waals surface area (Å²) in [4.78, 5) is 11.8. The van der Waals surface area contributed by atoms with Crippen LogP contribution in [0.2, 0.25) is 0 Å². The summed E-state index contributed by atoms with van der Waals surface area (Å²) in [7, 11) is 0. The molecular formula is C14H17FO2. The van der Waals surface area contributed by atoms with Crippen LogP contribution >= 0.6 is 0 Å². The van der Waals surface area contributed by atoms with Crippen LogP contribution in [0.5, 0.6) is 0 Å². The fraction of sp³-hybridized carbons (Fsp3) is 0.500. The standard InChI is InChI=1S/C14H17FO2/c15-13-10-6-5-9-12(13)14(16)17-11-7-3-1-2-4-8-11/h5-6,9-11H,1-4,7-8H2. The minimum absolute atomic E-state index is 0.0374. The second-order valence-corrected chi connectivity index (χ2v) is 4.50. The Kier molecular flexibility index (Phi) is 4.13. The van der Waals surface area contributed by atoms with Gasteiger partial charge in [0.2, 0.25) is 0 Å². The molecule has 0 amide bonds. The van der Waals surface area contributed by atoms with Gasteiger partial charge in [-0.2, -0.15) is 0 Å². The molecule has 0 N–H and O–H groups in total. The molecule has 1 aromatic carbocycles. The third kappa shape index (κ3) is 3.29. The smallest absolute Gasteiger partial charge is 0.341 e. The second kappa shape index (κ2) is 5.80. The van der Waals surface area contributed by atoms with Gasteiger partial charge in [-0.05, 0) is 37.8 Å². The van der Waals surface area contributed by atoms with E-state index in [2.05, 4.69) is 0 Å². The van der Waals surface area contributed by atoms with Crippen molar-refractivity contribution in [3.63, 3.8) is 0 Å². The zero-order chi connectivity index (χ0) is 12.1. The van der Waals surface area contributed by atoms with Gasteiger partial charge in [0.1, 0.15) is 11.9 Å². The van der Waals surface area contributed by atoms with Crippen molar-refractivity contribution >= 4 is 5.97 Å². The minimum atomic E-state index is -0.532. The molecule has 1 aromatic rings. The average Bonchev–Trinajstić information content (AvgIpc) is 2.58. The lowest BCUT2D eigenvalue weighted by atomic mass is 10.1. The quantitative estimate of drug-likeness (QED) is 0.578. The van der Waals surface area contributed by atoms with Gasteiger partial charge in [-0.15, -0.1) is 0 Å². The largest absolute Gasteiger partial charge is 0.459 e. The molecular weight excluding hydrogens is 219 g/mol. The highest BCUT2D eigenvalue weighted by molar-refractivity contribution is 5.89. The molecule has 0 aliphatic heterocycles. The monoisotopic (exact) mass is 236 g/mol. The van der Waals surface area contributed by atoms with E-state index in [1.807, 2.05) is 0 Å². The molecule has 0 bridgehead atoms. The maximum atomic E-state index is 13.4. The summed E-state index contributed by atoms with van der Waals surface area (Å²) >= 11 is 0. The van der Waals surface area contributed by atoms with E-state index in [0.717, 1.165) is 25.7 Å². The van der Waals surface area contributed by atoms with Crippen molar-refractivity contribution in [2.75, 3.05) is 0 Å². The number of carbonyl (C=O) groups excluding carboxylic acids is 1. The molecule has 0 radical (unpaired) electrons. The number of hydrogen-bond donors (Lipinski definition) is 0. The van der Waals surface area contributed by atoms with E-state index in [1.54, 1.807) is 12.1 Å². The van der Waals surface area contributed by atoms with Gasteiger partial charge in [0.25, 0.3) is 0 Å². The highest BCUT2D eigenvalue weighted by atomic mass is 19.1. The lowest BCUT2D eigenvalue weighted by Gasteiger charge is -2.15. The molecule has 1 aliphatic rings. The first kappa shape index (κ1) is 12.1. The van der Waals surface area contributed by atoms with Gasteiger partial charge in [-0.25, -0.2) is 9.18 Å². The minimum Gasteiger partial charge on any atom is -0.459 e. The number of esters is 1. The van der Waals surface area contributed by atoms with E-state index in [0.29, 0.717) is 0 Å². The first-order valence-electron chi connectivity index (χ1n) is 6.23. The molecule has 3 heteroatoms. The summed E-state index contributed by atoms with van der Waals surface area (Å²) in [6, 6.07) is 5.96. The first-order chi connectivity index (χ1) is 8.27. The van der Waals surface area contributed by atoms with Crippen LogP contribution in [0.4, 0.5) is 4.39 Å². The lowest BCUT2D eigenvalue weighted by Crippen LogP contribution is -2.18. The number of halogens is 1. The fourth-order valence-electron chi connectivity index (χ4n) is 2.20. The van der Waals surface area contributed by atoms with E-state index in [1.165, 1.54) is 25.0 Å². The molecule has 0 aromatic heterocycles. The Labute approximate surface area is 101 Å². The van der Waals surface area contributed by atoms with Gasteiger partial charge < -0.3 is 4.74 Å². The zero-order valence-electron chi connectivity index (χ0n) is 9.82. The molecule has 0 atom stereocenters. The Morgan fingerprint density at radius 3 is 2.41 bits per heavy atom. The Bertz CT molecular complexity index is 382. The highest BCUT2D eigenvalue weighted by Gasteiger charge is 2.19. The summed E-state index contributed by atoms with van der Waals surface area (Å²) in [5, 5.41) is 0. The van der Waals surface area contributed by atoms with Gasteiger partial charge in [0.05, 0.1) is 5.56 Å². The summed E-state index contributed by atoms with van der Waals surface area (Å²) in [5.41, 5.74) is 0.0387. The molecule has 2 nitrogen and oxygen atoms in total. The van der Waals surface area contributed by atoms with E-state index in [9.17, 15) is 9.18 Å². The number of carbonyl (C=O) groups is 1. The van der Waals surface area contributed by atoms with Gasteiger partial charge in [0.15, 0.2) is 0 Å². The maximum absolute atomic E-state index is 13.4. The van der Waals surface area contributed by atoms with Crippen molar-refractivity contribution in [2.45, 2.75) is 44.6 Å². The molecule has 2 rings (SSSR count). The molecule has 0 saturated heterocycles. The Morgan fingerprint density at radius 1 is 1.12 bits per heavy atom. The van der Waals surface area contributed by atoms with Crippen LogP contribution in [-0.4, -0.2) is 12.1 Å². The van der Waals surface area contributed by atoms with Crippen molar-refractivity contribution in [1.82, 2.24) is 0 Å². The number of rotatable bonds is 2. The van der Waals surface area contributed by atoms with E-state index in [4.69, 9.17) is 4.74 Å². The molecule has 0 unspecified atom stereocenters. The topological polar surface area (TPSA) is 26.3 Å². The van der Waals surface area contributed by atoms with Crippen LogP contribution < -0.4 is 0 Å². The Morgan fingerprint density at radius 2 is 1.76 bits per heavy atom. The van der Waals surface area contributed by atoms with Gasteiger partial charge in [-0.1, -0.05) is 25.0 Å². The van der Waals surface area contributed by atoms with Gasteiger partial charge in [0, 0.05) is 0 Å². The summed E-state index contributed by atoms with van der Waals surface area (Å²) in [6.45, 7) is 0. The molecule has 1 aliphatic carbocycles. The van der Waals surface area contributed by atoms with Crippen molar-refractivity contribution in [3.8, 4) is 0 Å². The van der Waals surface area contributed by atoms with Gasteiger partial charge in [-0.3, -0.25) is 0 Å². The first-order valence-corrected chi connectivity index (χ1v) is 6.23.